The summed E-state index contributed by atoms with van der Waals surface area (Å²) in [5, 5.41) is 1.49. The fourth-order valence-corrected chi connectivity index (χ4v) is 0.883. The van der Waals surface area contributed by atoms with Crippen molar-refractivity contribution in [2.75, 3.05) is 19.7 Å². The van der Waals surface area contributed by atoms with Crippen molar-refractivity contribution in [2.24, 2.45) is 0 Å². The molecular weight excluding hydrogens is 146 g/mol. The van der Waals surface area contributed by atoms with Gasteiger partial charge in [-0.15, -0.1) is 11.5 Å². The van der Waals surface area contributed by atoms with Crippen molar-refractivity contribution in [3.8, 4) is 12.3 Å². The zero-order valence-corrected chi connectivity index (χ0v) is 6.03. The average molecular weight is 155 g/mol. The van der Waals surface area contributed by atoms with Crippen LogP contribution in [0.15, 0.2) is 0 Å². The number of hydrogen-bond acceptors (Lipinski definition) is 4. The maximum Gasteiger partial charge on any atom is 0.312 e. The predicted molar refractivity (Wildman–Crippen MR) is 37.3 cm³/mol. The molecule has 0 aromatic carbocycles. The number of ether oxygens (including phenoxy) is 1. The van der Waals surface area contributed by atoms with Gasteiger partial charge in [-0.25, -0.2) is 0 Å². The summed E-state index contributed by atoms with van der Waals surface area (Å²) in [4.78, 5) is 14.5. The molecule has 4 nitrogen and oxygen atoms in total. The summed E-state index contributed by atoms with van der Waals surface area (Å²) in [6, 6.07) is 0. The molecule has 0 spiro atoms. The molecule has 0 aromatic heterocycles. The van der Waals surface area contributed by atoms with Gasteiger partial charge in [-0.05, 0) is 0 Å². The van der Waals surface area contributed by atoms with E-state index in [0.29, 0.717) is 26.2 Å². The lowest BCUT2D eigenvalue weighted by Crippen LogP contribution is -2.41. The van der Waals surface area contributed by atoms with Gasteiger partial charge in [0.1, 0.15) is 6.10 Å². The number of carbonyl (C=O) groups excluding carboxylic acids is 1. The second-order valence-electron chi connectivity index (χ2n) is 2.12. The molecule has 0 radical (unpaired) electrons. The maximum atomic E-state index is 9.91. The molecule has 1 fully saturated rings. The Kier molecular flexibility index (Phi) is 2.90. The third-order valence-electron chi connectivity index (χ3n) is 1.41. The van der Waals surface area contributed by atoms with Crippen LogP contribution in [0, 0.1) is 12.3 Å². The van der Waals surface area contributed by atoms with Gasteiger partial charge in [0.15, 0.2) is 0 Å². The predicted octanol–water partition coefficient (Wildman–Crippen LogP) is -0.592. The Morgan fingerprint density at radius 2 is 2.64 bits per heavy atom. The lowest BCUT2D eigenvalue weighted by atomic mass is 10.3. The van der Waals surface area contributed by atoms with Crippen LogP contribution in [-0.4, -0.2) is 37.3 Å². The monoisotopic (exact) mass is 155 g/mol. The molecule has 1 aliphatic heterocycles. The zero-order valence-electron chi connectivity index (χ0n) is 6.03. The number of hydrogen-bond donors (Lipinski definition) is 0. The number of carbonyl (C=O) groups is 1. The Morgan fingerprint density at radius 3 is 3.27 bits per heavy atom. The van der Waals surface area contributed by atoms with Crippen molar-refractivity contribution in [3.05, 3.63) is 0 Å². The van der Waals surface area contributed by atoms with Crippen molar-refractivity contribution in [1.29, 1.82) is 0 Å². The molecule has 1 atom stereocenters. The third kappa shape index (κ3) is 2.22. The maximum absolute atomic E-state index is 9.91. The van der Waals surface area contributed by atoms with Gasteiger partial charge in [-0.2, -0.15) is 0 Å². The Labute approximate surface area is 65.0 Å². The molecule has 1 rings (SSSR count). The third-order valence-corrected chi connectivity index (χ3v) is 1.41. The highest BCUT2D eigenvalue weighted by molar-refractivity contribution is 5.36. The molecule has 1 aliphatic rings. The van der Waals surface area contributed by atoms with E-state index in [1.54, 1.807) is 0 Å². The normalized spacial score (nSPS) is 25.5. The minimum absolute atomic E-state index is 0.260. The van der Waals surface area contributed by atoms with Gasteiger partial charge in [0.25, 0.3) is 0 Å². The minimum atomic E-state index is -0.260. The molecular formula is C7H9NO3. The van der Waals surface area contributed by atoms with E-state index in [9.17, 15) is 4.79 Å². The first kappa shape index (κ1) is 8.05. The number of terminal acetylenes is 1. The molecule has 0 amide bonds. The average Bonchev–Trinajstić information content (AvgIpc) is 2.06. The van der Waals surface area contributed by atoms with Gasteiger partial charge < -0.3 is 9.57 Å². The number of rotatable bonds is 2. The van der Waals surface area contributed by atoms with Gasteiger partial charge in [0.05, 0.1) is 19.7 Å². The van der Waals surface area contributed by atoms with E-state index in [4.69, 9.17) is 11.2 Å². The van der Waals surface area contributed by atoms with Gasteiger partial charge in [0, 0.05) is 0 Å². The first-order valence-corrected chi connectivity index (χ1v) is 3.30. The quantitative estimate of drug-likeness (QED) is 0.394. The molecule has 1 unspecified atom stereocenters. The highest BCUT2D eigenvalue weighted by atomic mass is 16.7. The van der Waals surface area contributed by atoms with E-state index in [1.165, 1.54) is 5.06 Å². The van der Waals surface area contributed by atoms with Crippen molar-refractivity contribution in [3.63, 3.8) is 0 Å². The molecule has 0 aliphatic carbocycles. The number of nitrogens with zero attached hydrogens (tertiary/aromatic N) is 1. The Balaban J connectivity index is 2.34. The van der Waals surface area contributed by atoms with Crippen LogP contribution >= 0.6 is 0 Å². The molecule has 0 saturated carbocycles. The smallest absolute Gasteiger partial charge is 0.312 e. The van der Waals surface area contributed by atoms with Crippen molar-refractivity contribution in [1.82, 2.24) is 5.06 Å². The second-order valence-corrected chi connectivity index (χ2v) is 2.12. The summed E-state index contributed by atoms with van der Waals surface area (Å²) < 4.78 is 5.13. The Morgan fingerprint density at radius 1 is 1.82 bits per heavy atom. The summed E-state index contributed by atoms with van der Waals surface area (Å²) in [7, 11) is 0. The van der Waals surface area contributed by atoms with E-state index < -0.39 is 0 Å². The topological polar surface area (TPSA) is 38.8 Å². The highest BCUT2D eigenvalue weighted by Gasteiger charge is 2.18. The van der Waals surface area contributed by atoms with Crippen LogP contribution in [0.1, 0.15) is 0 Å². The zero-order chi connectivity index (χ0) is 8.10. The van der Waals surface area contributed by atoms with Gasteiger partial charge in [-0.1, -0.05) is 5.92 Å². The van der Waals surface area contributed by atoms with E-state index in [2.05, 4.69) is 10.8 Å². The van der Waals surface area contributed by atoms with E-state index >= 15 is 0 Å². The van der Waals surface area contributed by atoms with Crippen LogP contribution in [0.25, 0.3) is 0 Å². The summed E-state index contributed by atoms with van der Waals surface area (Å²) in [5.41, 5.74) is 0. The number of hydroxylamine groups is 2. The largest absolute Gasteiger partial charge is 0.371 e. The van der Waals surface area contributed by atoms with Crippen LogP contribution in [-0.2, 0) is 14.4 Å². The molecule has 1 saturated heterocycles. The Bertz CT molecular complexity index is 175. The molecule has 4 heteroatoms. The molecule has 1 heterocycles. The molecule has 60 valence electrons. The van der Waals surface area contributed by atoms with Crippen LogP contribution < -0.4 is 0 Å². The molecule has 0 aromatic rings. The fraction of sp³-hybridized carbons (Fsp3) is 0.571. The lowest BCUT2D eigenvalue weighted by molar-refractivity contribution is -0.196. The van der Waals surface area contributed by atoms with Gasteiger partial charge in [0.2, 0.25) is 0 Å². The second kappa shape index (κ2) is 3.96. The molecule has 0 bridgehead atoms. The minimum Gasteiger partial charge on any atom is -0.371 e. The van der Waals surface area contributed by atoms with E-state index in [0.717, 1.165) is 0 Å². The van der Waals surface area contributed by atoms with Crippen molar-refractivity contribution in [2.45, 2.75) is 6.10 Å². The van der Waals surface area contributed by atoms with Crippen LogP contribution in [0.4, 0.5) is 0 Å². The summed E-state index contributed by atoms with van der Waals surface area (Å²) in [5.74, 6) is 2.43. The first-order valence-electron chi connectivity index (χ1n) is 3.30. The fourth-order valence-electron chi connectivity index (χ4n) is 0.883. The molecule has 0 N–H and O–H groups in total. The van der Waals surface area contributed by atoms with Crippen molar-refractivity contribution >= 4 is 6.47 Å². The first-order chi connectivity index (χ1) is 5.36. The van der Waals surface area contributed by atoms with Gasteiger partial charge in [-0.3, -0.25) is 4.79 Å². The van der Waals surface area contributed by atoms with Crippen LogP contribution in [0.2, 0.25) is 0 Å². The van der Waals surface area contributed by atoms with Gasteiger partial charge >= 0.3 is 6.47 Å². The Hall–Kier alpha value is -1.05. The van der Waals surface area contributed by atoms with Crippen LogP contribution in [0.5, 0.6) is 0 Å². The SMILES string of the molecule is C#CC1CN(OC=O)CCO1. The van der Waals surface area contributed by atoms with Crippen molar-refractivity contribution < 1.29 is 14.4 Å². The van der Waals surface area contributed by atoms with E-state index in [-0.39, 0.29) is 6.10 Å². The highest BCUT2D eigenvalue weighted by Crippen LogP contribution is 2.02. The standard InChI is InChI=1S/C7H9NO3/c1-2-7-5-8(11-6-9)3-4-10-7/h1,6-7H,3-5H2. The van der Waals surface area contributed by atoms with E-state index in [1.807, 2.05) is 0 Å². The summed E-state index contributed by atoms with van der Waals surface area (Å²) in [6.07, 6.45) is 4.86. The lowest BCUT2D eigenvalue weighted by Gasteiger charge is -2.27. The summed E-state index contributed by atoms with van der Waals surface area (Å²) >= 11 is 0. The summed E-state index contributed by atoms with van der Waals surface area (Å²) in [6.45, 7) is 1.92. The van der Waals surface area contributed by atoms with Crippen LogP contribution in [0.3, 0.4) is 0 Å². The number of morpholine rings is 1. The molecule has 11 heavy (non-hydrogen) atoms.